The van der Waals surface area contributed by atoms with Gasteiger partial charge in [0.25, 0.3) is 5.56 Å². The van der Waals surface area contributed by atoms with Crippen LogP contribution in [0.15, 0.2) is 108 Å². The van der Waals surface area contributed by atoms with Gasteiger partial charge in [-0.05, 0) is 54.5 Å². The molecule has 0 saturated carbocycles. The van der Waals surface area contributed by atoms with Crippen LogP contribution in [0, 0.1) is 12.7 Å². The first-order chi connectivity index (χ1) is 18.6. The van der Waals surface area contributed by atoms with Crippen molar-refractivity contribution in [3.63, 3.8) is 0 Å². The third-order valence-electron chi connectivity index (χ3n) is 6.09. The molecule has 5 rings (SSSR count). The molecular formula is C32H26FN3O2. The highest BCUT2D eigenvalue weighted by Gasteiger charge is 2.19. The molecule has 0 N–H and O–H groups in total. The highest BCUT2D eigenvalue weighted by molar-refractivity contribution is 5.84. The fourth-order valence-electron chi connectivity index (χ4n) is 4.29. The summed E-state index contributed by atoms with van der Waals surface area (Å²) in [5.74, 6) is 0.300. The zero-order chi connectivity index (χ0) is 26.3. The topological polar surface area (TPSA) is 57.0 Å². The Bertz CT molecular complexity index is 1630. The van der Waals surface area contributed by atoms with Gasteiger partial charge in [0.15, 0.2) is 0 Å². The van der Waals surface area contributed by atoms with Crippen LogP contribution in [-0.4, -0.2) is 14.8 Å². The Morgan fingerprint density at radius 1 is 0.895 bits per heavy atom. The third kappa shape index (κ3) is 5.76. The van der Waals surface area contributed by atoms with Gasteiger partial charge in [-0.25, -0.2) is 9.07 Å². The number of nitrogens with zero attached hydrogens (tertiary/aromatic N) is 3. The zero-order valence-corrected chi connectivity index (χ0v) is 20.9. The molecule has 0 bridgehead atoms. The molecule has 2 heterocycles. The lowest BCUT2D eigenvalue weighted by Crippen LogP contribution is -2.27. The van der Waals surface area contributed by atoms with Crippen LogP contribution < -0.4 is 10.3 Å². The number of pyridine rings is 1. The summed E-state index contributed by atoms with van der Waals surface area (Å²) in [7, 11) is 0. The molecule has 3 aromatic carbocycles. The fourth-order valence-corrected chi connectivity index (χ4v) is 4.29. The molecule has 0 aliphatic rings. The monoisotopic (exact) mass is 503 g/mol. The quantitative estimate of drug-likeness (QED) is 0.241. The molecule has 5 aromatic rings. The van der Waals surface area contributed by atoms with Crippen molar-refractivity contribution in [1.29, 1.82) is 0 Å². The van der Waals surface area contributed by atoms with Gasteiger partial charge in [0.1, 0.15) is 18.2 Å². The molecule has 0 amide bonds. The molecule has 6 heteroatoms. The second kappa shape index (κ2) is 11.5. The molecule has 0 aliphatic carbocycles. The molecule has 0 aliphatic heterocycles. The van der Waals surface area contributed by atoms with E-state index in [1.807, 2.05) is 79.7 Å². The average molecular weight is 504 g/mol. The Labute approximate surface area is 220 Å². The van der Waals surface area contributed by atoms with E-state index in [0.29, 0.717) is 34.7 Å². The van der Waals surface area contributed by atoms with Gasteiger partial charge >= 0.3 is 0 Å². The first-order valence-electron chi connectivity index (χ1n) is 12.3. The Hall–Kier alpha value is -4.84. The highest BCUT2D eigenvalue weighted by atomic mass is 19.1. The molecule has 0 radical (unpaired) electrons. The van der Waals surface area contributed by atoms with Crippen LogP contribution in [-0.2, 0) is 13.2 Å². The minimum absolute atomic E-state index is 0.230. The van der Waals surface area contributed by atoms with E-state index in [9.17, 15) is 9.18 Å². The molecule has 0 fully saturated rings. The van der Waals surface area contributed by atoms with E-state index in [0.717, 1.165) is 16.8 Å². The summed E-state index contributed by atoms with van der Waals surface area (Å²) < 4.78 is 21.5. The lowest BCUT2D eigenvalue weighted by atomic mass is 9.97. The van der Waals surface area contributed by atoms with Gasteiger partial charge < -0.3 is 4.74 Å². The molecule has 0 unspecified atom stereocenters. The van der Waals surface area contributed by atoms with Gasteiger partial charge in [-0.1, -0.05) is 72.8 Å². The summed E-state index contributed by atoms with van der Waals surface area (Å²) in [6.07, 6.45) is 5.15. The predicted octanol–water partition coefficient (Wildman–Crippen LogP) is 6.55. The first kappa shape index (κ1) is 24.8. The lowest BCUT2D eigenvalue weighted by Gasteiger charge is -2.17. The summed E-state index contributed by atoms with van der Waals surface area (Å²) in [6, 6.07) is 29.3. The van der Waals surface area contributed by atoms with Crippen LogP contribution >= 0.6 is 0 Å². The van der Waals surface area contributed by atoms with Gasteiger partial charge in [-0.15, -0.1) is 0 Å². The van der Waals surface area contributed by atoms with Crippen molar-refractivity contribution in [3.05, 3.63) is 148 Å². The van der Waals surface area contributed by atoms with Crippen molar-refractivity contribution >= 4 is 12.2 Å². The Balaban J connectivity index is 1.61. The summed E-state index contributed by atoms with van der Waals surface area (Å²) in [4.78, 5) is 18.2. The summed E-state index contributed by atoms with van der Waals surface area (Å²) in [6.45, 7) is 2.49. The van der Waals surface area contributed by atoms with Crippen molar-refractivity contribution in [2.24, 2.45) is 0 Å². The van der Waals surface area contributed by atoms with Crippen LogP contribution in [0.4, 0.5) is 4.39 Å². The molecule has 0 atom stereocenters. The second-order valence-corrected chi connectivity index (χ2v) is 8.82. The van der Waals surface area contributed by atoms with Crippen LogP contribution in [0.1, 0.15) is 28.1 Å². The number of benzene rings is 3. The van der Waals surface area contributed by atoms with E-state index in [1.165, 1.54) is 16.8 Å². The van der Waals surface area contributed by atoms with Gasteiger partial charge in [0.2, 0.25) is 0 Å². The van der Waals surface area contributed by atoms with E-state index in [4.69, 9.17) is 4.74 Å². The number of para-hydroxylation sites is 1. The number of hydrogen-bond acceptors (Lipinski definition) is 4. The number of halogens is 1. The van der Waals surface area contributed by atoms with Gasteiger partial charge in [0, 0.05) is 17.3 Å². The molecular weight excluding hydrogens is 477 g/mol. The fraction of sp³-hybridized carbons (Fsp3) is 0.0938. The van der Waals surface area contributed by atoms with E-state index >= 15 is 0 Å². The van der Waals surface area contributed by atoms with E-state index in [1.54, 1.807) is 30.5 Å². The summed E-state index contributed by atoms with van der Waals surface area (Å²) in [5, 5.41) is 4.65. The van der Waals surface area contributed by atoms with Crippen LogP contribution in [0.2, 0.25) is 0 Å². The van der Waals surface area contributed by atoms with Gasteiger partial charge in [-0.3, -0.25) is 9.78 Å². The Morgan fingerprint density at radius 3 is 2.47 bits per heavy atom. The van der Waals surface area contributed by atoms with Crippen LogP contribution in [0.5, 0.6) is 5.75 Å². The minimum atomic E-state index is -0.342. The number of ether oxygens (including phenoxy) is 1. The first-order valence-corrected chi connectivity index (χ1v) is 12.3. The molecule has 188 valence electrons. The van der Waals surface area contributed by atoms with Crippen molar-refractivity contribution < 1.29 is 9.13 Å². The molecule has 0 spiro atoms. The zero-order valence-electron chi connectivity index (χ0n) is 20.9. The van der Waals surface area contributed by atoms with Crippen molar-refractivity contribution in [2.75, 3.05) is 0 Å². The normalized spacial score (nSPS) is 11.1. The van der Waals surface area contributed by atoms with E-state index in [-0.39, 0.29) is 17.9 Å². The SMILES string of the molecule is Cc1nn(Cc2ccccn2)c(=O)c(/C=C/c2cccc(F)c2)c1-c1ccccc1OCc1ccccc1. The highest BCUT2D eigenvalue weighted by Crippen LogP contribution is 2.34. The summed E-state index contributed by atoms with van der Waals surface area (Å²) in [5.41, 5.74) is 4.66. The maximum Gasteiger partial charge on any atom is 0.275 e. The standard InChI is InChI=1S/C32H26FN3O2/c1-23-31(28-15-5-6-16-30(28)38-22-25-10-3-2-4-11-25)29(18-17-24-12-9-13-26(33)20-24)32(37)36(35-23)21-27-14-7-8-19-34-27/h2-20H,21-22H2,1H3/b18-17+. The van der Waals surface area contributed by atoms with Gasteiger partial charge in [-0.2, -0.15) is 5.10 Å². The minimum Gasteiger partial charge on any atom is -0.488 e. The largest absolute Gasteiger partial charge is 0.488 e. The van der Waals surface area contributed by atoms with Crippen molar-refractivity contribution in [3.8, 4) is 16.9 Å². The number of hydrogen-bond donors (Lipinski definition) is 0. The maximum absolute atomic E-state index is 13.8. The van der Waals surface area contributed by atoms with Crippen LogP contribution in [0.3, 0.4) is 0 Å². The predicted molar refractivity (Wildman–Crippen MR) is 148 cm³/mol. The second-order valence-electron chi connectivity index (χ2n) is 8.82. The van der Waals surface area contributed by atoms with E-state index < -0.39 is 0 Å². The van der Waals surface area contributed by atoms with Gasteiger partial charge in [0.05, 0.1) is 23.5 Å². The number of rotatable bonds is 8. The van der Waals surface area contributed by atoms with E-state index in [2.05, 4.69) is 10.1 Å². The van der Waals surface area contributed by atoms with Crippen molar-refractivity contribution in [2.45, 2.75) is 20.1 Å². The molecule has 5 nitrogen and oxygen atoms in total. The third-order valence-corrected chi connectivity index (χ3v) is 6.09. The summed E-state index contributed by atoms with van der Waals surface area (Å²) >= 11 is 0. The van der Waals surface area contributed by atoms with Crippen LogP contribution in [0.25, 0.3) is 23.3 Å². The lowest BCUT2D eigenvalue weighted by molar-refractivity contribution is 0.307. The van der Waals surface area contributed by atoms with Crippen molar-refractivity contribution in [1.82, 2.24) is 14.8 Å². The average Bonchev–Trinajstić information content (AvgIpc) is 2.94. The Kier molecular flexibility index (Phi) is 7.50. The smallest absolute Gasteiger partial charge is 0.275 e. The molecule has 2 aromatic heterocycles. The molecule has 38 heavy (non-hydrogen) atoms. The number of aromatic nitrogens is 3. The number of aryl methyl sites for hydroxylation is 1. The Morgan fingerprint density at radius 2 is 1.68 bits per heavy atom. The molecule has 0 saturated heterocycles. The maximum atomic E-state index is 13.8.